The van der Waals surface area contributed by atoms with Gasteiger partial charge >= 0.3 is 6.18 Å². The SMILES string of the molecule is O=S(=O)(O)c1ccc(CNc2nc(Cl)nc3c2cnn3CC(F)(F)F)cc1. The molecule has 2 N–H and O–H groups in total. The Morgan fingerprint density at radius 2 is 1.85 bits per heavy atom. The molecular weight excluding hydrogens is 411 g/mol. The number of benzene rings is 1. The van der Waals surface area contributed by atoms with Crippen molar-refractivity contribution in [3.63, 3.8) is 0 Å². The largest absolute Gasteiger partial charge is 0.408 e. The lowest BCUT2D eigenvalue weighted by atomic mass is 10.2. The second-order valence-electron chi connectivity index (χ2n) is 5.47. The summed E-state index contributed by atoms with van der Waals surface area (Å²) < 4.78 is 69.5. The summed E-state index contributed by atoms with van der Waals surface area (Å²) in [7, 11) is -4.29. The monoisotopic (exact) mass is 421 g/mol. The maximum absolute atomic E-state index is 12.6. The first-order valence-corrected chi connectivity index (χ1v) is 9.11. The van der Waals surface area contributed by atoms with Crippen LogP contribution in [0.5, 0.6) is 0 Å². The molecule has 27 heavy (non-hydrogen) atoms. The van der Waals surface area contributed by atoms with E-state index in [-0.39, 0.29) is 33.6 Å². The average molecular weight is 422 g/mol. The van der Waals surface area contributed by atoms with E-state index >= 15 is 0 Å². The molecule has 1 aromatic carbocycles. The van der Waals surface area contributed by atoms with Crippen molar-refractivity contribution >= 4 is 38.6 Å². The number of hydrogen-bond donors (Lipinski definition) is 2. The lowest BCUT2D eigenvalue weighted by Gasteiger charge is -2.09. The van der Waals surface area contributed by atoms with Crippen LogP contribution in [0.3, 0.4) is 0 Å². The van der Waals surface area contributed by atoms with Crippen LogP contribution in [-0.4, -0.2) is 38.9 Å². The zero-order chi connectivity index (χ0) is 19.8. The predicted molar refractivity (Wildman–Crippen MR) is 90.0 cm³/mol. The molecule has 3 rings (SSSR count). The number of hydrogen-bond acceptors (Lipinski definition) is 6. The van der Waals surface area contributed by atoms with Crippen molar-refractivity contribution in [2.45, 2.75) is 24.2 Å². The normalized spacial score (nSPS) is 12.5. The van der Waals surface area contributed by atoms with Crippen LogP contribution < -0.4 is 5.32 Å². The highest BCUT2D eigenvalue weighted by atomic mass is 35.5. The van der Waals surface area contributed by atoms with E-state index in [9.17, 15) is 21.6 Å². The van der Waals surface area contributed by atoms with Crippen molar-refractivity contribution in [3.05, 3.63) is 41.3 Å². The van der Waals surface area contributed by atoms with Gasteiger partial charge in [0.1, 0.15) is 12.4 Å². The second kappa shape index (κ2) is 6.94. The van der Waals surface area contributed by atoms with Gasteiger partial charge < -0.3 is 5.32 Å². The third kappa shape index (κ3) is 4.64. The van der Waals surface area contributed by atoms with Crippen LogP contribution >= 0.6 is 11.6 Å². The Kier molecular flexibility index (Phi) is 4.97. The first-order chi connectivity index (χ1) is 12.5. The van der Waals surface area contributed by atoms with Gasteiger partial charge in [-0.05, 0) is 29.3 Å². The fourth-order valence-electron chi connectivity index (χ4n) is 2.31. The van der Waals surface area contributed by atoms with Gasteiger partial charge in [0.05, 0.1) is 16.5 Å². The van der Waals surface area contributed by atoms with Crippen LogP contribution in [0.2, 0.25) is 5.28 Å². The highest BCUT2D eigenvalue weighted by molar-refractivity contribution is 7.85. The molecule has 0 atom stereocenters. The topological polar surface area (TPSA) is 110 Å². The van der Waals surface area contributed by atoms with Crippen molar-refractivity contribution in [1.29, 1.82) is 0 Å². The van der Waals surface area contributed by atoms with E-state index in [0.29, 0.717) is 10.2 Å². The molecule has 0 spiro atoms. The van der Waals surface area contributed by atoms with Gasteiger partial charge in [0.2, 0.25) is 5.28 Å². The van der Waals surface area contributed by atoms with E-state index in [0.717, 1.165) is 0 Å². The van der Waals surface area contributed by atoms with E-state index in [2.05, 4.69) is 20.4 Å². The molecule has 0 bridgehead atoms. The number of nitrogens with zero attached hydrogens (tertiary/aromatic N) is 4. The molecule has 0 unspecified atom stereocenters. The summed E-state index contributed by atoms with van der Waals surface area (Å²) in [5.41, 5.74) is 0.560. The molecule has 2 heterocycles. The first-order valence-electron chi connectivity index (χ1n) is 7.29. The maximum atomic E-state index is 12.6. The quantitative estimate of drug-likeness (QED) is 0.481. The molecule has 2 aromatic heterocycles. The van der Waals surface area contributed by atoms with Gasteiger partial charge in [0, 0.05) is 6.54 Å². The minimum atomic E-state index is -4.47. The third-order valence-electron chi connectivity index (χ3n) is 3.48. The summed E-state index contributed by atoms with van der Waals surface area (Å²) in [6, 6.07) is 5.36. The summed E-state index contributed by atoms with van der Waals surface area (Å²) in [5.74, 6) is 0.178. The molecule has 0 aliphatic heterocycles. The highest BCUT2D eigenvalue weighted by Crippen LogP contribution is 2.25. The minimum Gasteiger partial charge on any atom is -0.365 e. The Labute approximate surface area is 155 Å². The molecule has 144 valence electrons. The standard InChI is InChI=1S/C14H11ClF3N5O3S/c15-13-21-11(10-6-20-23(12(10)22-13)7-14(16,17)18)19-5-8-1-3-9(4-2-8)27(24,25)26/h1-4,6H,5,7H2,(H,19,21,22)(H,24,25,26). The van der Waals surface area contributed by atoms with Crippen molar-refractivity contribution in [2.24, 2.45) is 0 Å². The van der Waals surface area contributed by atoms with Crippen molar-refractivity contribution in [1.82, 2.24) is 19.7 Å². The Balaban J connectivity index is 1.85. The average Bonchev–Trinajstić information content (AvgIpc) is 2.93. The Morgan fingerprint density at radius 3 is 2.44 bits per heavy atom. The van der Waals surface area contributed by atoms with Crippen LogP contribution in [0.4, 0.5) is 19.0 Å². The summed E-state index contributed by atoms with van der Waals surface area (Å²) in [4.78, 5) is 7.49. The number of nitrogens with one attached hydrogen (secondary N) is 1. The smallest absolute Gasteiger partial charge is 0.365 e. The second-order valence-corrected chi connectivity index (χ2v) is 7.23. The van der Waals surface area contributed by atoms with Gasteiger partial charge in [-0.25, -0.2) is 4.68 Å². The van der Waals surface area contributed by atoms with Crippen LogP contribution in [0.1, 0.15) is 5.56 Å². The molecule has 0 radical (unpaired) electrons. The van der Waals surface area contributed by atoms with Gasteiger partial charge in [-0.1, -0.05) is 12.1 Å². The minimum absolute atomic E-state index is 0.0726. The Hall–Kier alpha value is -2.44. The number of rotatable bonds is 5. The van der Waals surface area contributed by atoms with Gasteiger partial charge in [0.25, 0.3) is 10.1 Å². The maximum Gasteiger partial charge on any atom is 0.408 e. The first kappa shape index (κ1) is 19.3. The molecule has 0 aliphatic carbocycles. The summed E-state index contributed by atoms with van der Waals surface area (Å²) in [6.45, 7) is -1.15. The molecule has 8 nitrogen and oxygen atoms in total. The van der Waals surface area contributed by atoms with Crippen molar-refractivity contribution < 1.29 is 26.1 Å². The number of aromatic nitrogens is 4. The van der Waals surface area contributed by atoms with Crippen LogP contribution in [-0.2, 0) is 23.2 Å². The summed E-state index contributed by atoms with van der Waals surface area (Å²) >= 11 is 5.80. The summed E-state index contributed by atoms with van der Waals surface area (Å²) in [5, 5.41) is 6.57. The lowest BCUT2D eigenvalue weighted by molar-refractivity contribution is -0.141. The van der Waals surface area contributed by atoms with Crippen LogP contribution in [0, 0.1) is 0 Å². The third-order valence-corrected chi connectivity index (χ3v) is 4.52. The molecule has 0 fully saturated rings. The predicted octanol–water partition coefficient (Wildman–Crippen LogP) is 2.90. The Morgan fingerprint density at radius 1 is 1.19 bits per heavy atom. The van der Waals surface area contributed by atoms with Crippen molar-refractivity contribution in [3.8, 4) is 0 Å². The number of alkyl halides is 3. The highest BCUT2D eigenvalue weighted by Gasteiger charge is 2.30. The van der Waals surface area contributed by atoms with Crippen molar-refractivity contribution in [2.75, 3.05) is 5.32 Å². The van der Waals surface area contributed by atoms with E-state index in [1.54, 1.807) is 0 Å². The lowest BCUT2D eigenvalue weighted by Crippen LogP contribution is -2.19. The number of anilines is 1. The fourth-order valence-corrected chi connectivity index (χ4v) is 2.96. The van der Waals surface area contributed by atoms with Gasteiger partial charge in [-0.2, -0.15) is 36.7 Å². The molecule has 0 saturated heterocycles. The van der Waals surface area contributed by atoms with Crippen LogP contribution in [0.25, 0.3) is 11.0 Å². The van der Waals surface area contributed by atoms with Gasteiger partial charge in [-0.3, -0.25) is 4.55 Å². The fraction of sp³-hybridized carbons (Fsp3) is 0.214. The molecule has 0 saturated carbocycles. The zero-order valence-corrected chi connectivity index (χ0v) is 14.8. The van der Waals surface area contributed by atoms with Gasteiger partial charge in [0.15, 0.2) is 5.65 Å². The molecule has 3 aromatic rings. The van der Waals surface area contributed by atoms with E-state index in [4.69, 9.17) is 16.2 Å². The molecule has 13 heteroatoms. The van der Waals surface area contributed by atoms with Gasteiger partial charge in [-0.15, -0.1) is 0 Å². The zero-order valence-electron chi connectivity index (χ0n) is 13.3. The molecular formula is C14H11ClF3N5O3S. The van der Waals surface area contributed by atoms with Crippen LogP contribution in [0.15, 0.2) is 35.4 Å². The summed E-state index contributed by atoms with van der Waals surface area (Å²) in [6.07, 6.45) is -3.28. The number of fused-ring (bicyclic) bond motifs is 1. The van der Waals surface area contributed by atoms with E-state index in [1.165, 1.54) is 30.5 Å². The molecule has 0 aliphatic rings. The van der Waals surface area contributed by atoms with E-state index < -0.39 is 22.8 Å². The number of halogens is 4. The molecule has 0 amide bonds. The van der Waals surface area contributed by atoms with E-state index in [1.807, 2.05) is 0 Å². The Bertz CT molecular complexity index is 1080.